The van der Waals surface area contributed by atoms with Crippen LogP contribution in [0.15, 0.2) is 182 Å². The van der Waals surface area contributed by atoms with Gasteiger partial charge in [0.05, 0.1) is 0 Å². The topological polar surface area (TPSA) is 40.5 Å². The summed E-state index contributed by atoms with van der Waals surface area (Å²) in [6.07, 6.45) is 0. The first kappa shape index (κ1) is 30.1. The number of hydrogen-bond acceptors (Lipinski definition) is 2. The Kier molecular flexibility index (Phi) is 8.21. The second-order valence-corrected chi connectivity index (χ2v) is 16.1. The molecule has 0 saturated heterocycles. The van der Waals surface area contributed by atoms with E-state index in [0.717, 1.165) is 32.7 Å². The van der Waals surface area contributed by atoms with Gasteiger partial charge in [0, 0.05) is 0 Å². The van der Waals surface area contributed by atoms with Gasteiger partial charge < -0.3 is 10.2 Å². The number of rotatable bonds is 7. The standard InChI is InChI=1S/C44H32O2P2/c45-33-23-25-39-31(29-33)21-27-41(47(35-13-5-1-6-14-35)36-15-7-2-8-16-36)43(39)44-40-26-24-34(46)30-32(40)22-28-42(44)48(37-17-9-3-10-18-37)38-19-11-4-12-20-38/h1-30,45-46H. The van der Waals surface area contributed by atoms with Crippen molar-refractivity contribution in [3.63, 3.8) is 0 Å². The highest BCUT2D eigenvalue weighted by Crippen LogP contribution is 2.46. The first-order valence-electron chi connectivity index (χ1n) is 16.0. The normalized spacial score (nSPS) is 11.5. The van der Waals surface area contributed by atoms with E-state index in [1.165, 1.54) is 31.8 Å². The molecule has 0 aliphatic heterocycles. The molecule has 0 radical (unpaired) electrons. The van der Waals surface area contributed by atoms with Gasteiger partial charge in [-0.15, -0.1) is 0 Å². The summed E-state index contributed by atoms with van der Waals surface area (Å²) < 4.78 is 0. The van der Waals surface area contributed by atoms with Crippen molar-refractivity contribution in [2.45, 2.75) is 0 Å². The SMILES string of the molecule is Oc1ccc2c(-c3c(P(c4ccccc4)c4ccccc4)ccc4cc(O)ccc34)c(P(c3ccccc3)c3ccccc3)ccc2c1. The summed E-state index contributed by atoms with van der Waals surface area (Å²) in [4.78, 5) is 0. The van der Waals surface area contributed by atoms with Gasteiger partial charge >= 0.3 is 0 Å². The third-order valence-electron chi connectivity index (χ3n) is 8.75. The lowest BCUT2D eigenvalue weighted by Gasteiger charge is -2.28. The van der Waals surface area contributed by atoms with E-state index in [0.29, 0.717) is 0 Å². The van der Waals surface area contributed by atoms with Crippen LogP contribution in [0.5, 0.6) is 11.5 Å². The van der Waals surface area contributed by atoms with E-state index in [1.54, 1.807) is 12.1 Å². The molecule has 8 aromatic carbocycles. The zero-order valence-electron chi connectivity index (χ0n) is 26.1. The van der Waals surface area contributed by atoms with Gasteiger partial charge in [-0.3, -0.25) is 0 Å². The summed E-state index contributed by atoms with van der Waals surface area (Å²) in [5.41, 5.74) is 2.33. The monoisotopic (exact) mass is 654 g/mol. The van der Waals surface area contributed by atoms with Gasteiger partial charge in [-0.05, 0) is 105 Å². The number of fused-ring (bicyclic) bond motifs is 2. The summed E-state index contributed by atoms with van der Waals surface area (Å²) >= 11 is 0. The third kappa shape index (κ3) is 5.65. The molecule has 0 unspecified atom stereocenters. The van der Waals surface area contributed by atoms with Gasteiger partial charge in [0.1, 0.15) is 11.5 Å². The molecule has 0 aliphatic carbocycles. The van der Waals surface area contributed by atoms with Crippen molar-refractivity contribution in [2.24, 2.45) is 0 Å². The van der Waals surface area contributed by atoms with Crippen molar-refractivity contribution in [1.82, 2.24) is 0 Å². The van der Waals surface area contributed by atoms with Crippen LogP contribution in [0.4, 0.5) is 0 Å². The summed E-state index contributed by atoms with van der Waals surface area (Å²) in [6, 6.07) is 63.6. The summed E-state index contributed by atoms with van der Waals surface area (Å²) in [6.45, 7) is 0. The second-order valence-electron chi connectivity index (χ2n) is 11.7. The molecular weight excluding hydrogens is 622 g/mol. The number of phenolic OH excluding ortho intramolecular Hbond substituents is 2. The lowest BCUT2D eigenvalue weighted by molar-refractivity contribution is 0.475. The van der Waals surface area contributed by atoms with Gasteiger partial charge in [0.25, 0.3) is 0 Å². The molecule has 0 aliphatic rings. The van der Waals surface area contributed by atoms with Gasteiger partial charge in [-0.25, -0.2) is 0 Å². The van der Waals surface area contributed by atoms with E-state index in [2.05, 4.69) is 158 Å². The minimum atomic E-state index is -0.978. The van der Waals surface area contributed by atoms with Crippen LogP contribution < -0.4 is 31.8 Å². The lowest BCUT2D eigenvalue weighted by Crippen LogP contribution is -2.26. The molecule has 8 aromatic rings. The quantitative estimate of drug-likeness (QED) is 0.169. The minimum absolute atomic E-state index is 0.244. The number of phenols is 2. The maximum Gasteiger partial charge on any atom is 0.116 e. The van der Waals surface area contributed by atoms with E-state index in [4.69, 9.17) is 0 Å². The van der Waals surface area contributed by atoms with E-state index >= 15 is 0 Å². The van der Waals surface area contributed by atoms with Crippen LogP contribution >= 0.6 is 15.8 Å². The van der Waals surface area contributed by atoms with Gasteiger partial charge in [0.2, 0.25) is 0 Å². The molecule has 230 valence electrons. The van der Waals surface area contributed by atoms with Gasteiger partial charge in [0.15, 0.2) is 0 Å². The maximum atomic E-state index is 10.6. The summed E-state index contributed by atoms with van der Waals surface area (Å²) in [5, 5.41) is 33.0. The fourth-order valence-corrected chi connectivity index (χ4v) is 11.6. The molecular formula is C44H32O2P2. The molecule has 0 heterocycles. The molecule has 8 rings (SSSR count). The highest BCUT2D eigenvalue weighted by atomic mass is 31.1. The van der Waals surface area contributed by atoms with E-state index in [9.17, 15) is 10.2 Å². The van der Waals surface area contributed by atoms with Crippen molar-refractivity contribution in [2.75, 3.05) is 0 Å². The summed E-state index contributed by atoms with van der Waals surface area (Å²) in [7, 11) is -1.96. The highest BCUT2D eigenvalue weighted by molar-refractivity contribution is 7.80. The highest BCUT2D eigenvalue weighted by Gasteiger charge is 2.28. The van der Waals surface area contributed by atoms with E-state index in [-0.39, 0.29) is 11.5 Å². The Balaban J connectivity index is 1.55. The Bertz CT molecular complexity index is 2110. The van der Waals surface area contributed by atoms with Crippen LogP contribution in [0.25, 0.3) is 32.7 Å². The van der Waals surface area contributed by atoms with Crippen LogP contribution in [-0.4, -0.2) is 10.2 Å². The van der Waals surface area contributed by atoms with E-state index in [1.807, 2.05) is 12.1 Å². The molecule has 0 fully saturated rings. The molecule has 0 bridgehead atoms. The largest absolute Gasteiger partial charge is 0.508 e. The smallest absolute Gasteiger partial charge is 0.116 e. The first-order chi connectivity index (χ1) is 23.7. The second kappa shape index (κ2) is 13.1. The molecule has 48 heavy (non-hydrogen) atoms. The first-order valence-corrected chi connectivity index (χ1v) is 18.7. The third-order valence-corrected chi connectivity index (χ3v) is 13.7. The van der Waals surface area contributed by atoms with Crippen molar-refractivity contribution in [3.8, 4) is 22.6 Å². The van der Waals surface area contributed by atoms with Crippen molar-refractivity contribution < 1.29 is 10.2 Å². The Morgan fingerprint density at radius 3 is 0.938 bits per heavy atom. The Morgan fingerprint density at radius 2 is 0.625 bits per heavy atom. The molecule has 0 spiro atoms. The summed E-state index contributed by atoms with van der Waals surface area (Å²) in [5.74, 6) is 0.488. The van der Waals surface area contributed by atoms with E-state index < -0.39 is 15.8 Å². The average Bonchev–Trinajstić information content (AvgIpc) is 3.13. The molecule has 4 heteroatoms. The van der Waals surface area contributed by atoms with Crippen LogP contribution in [-0.2, 0) is 0 Å². The maximum absolute atomic E-state index is 10.6. The van der Waals surface area contributed by atoms with Crippen LogP contribution in [0, 0.1) is 0 Å². The van der Waals surface area contributed by atoms with Crippen molar-refractivity contribution >= 4 is 69.2 Å². The number of hydrogen-bond donors (Lipinski definition) is 2. The molecule has 0 saturated carbocycles. The molecule has 0 aromatic heterocycles. The average molecular weight is 655 g/mol. The van der Waals surface area contributed by atoms with Crippen LogP contribution in [0.2, 0.25) is 0 Å². The minimum Gasteiger partial charge on any atom is -0.508 e. The molecule has 0 atom stereocenters. The number of benzene rings is 8. The fraction of sp³-hybridized carbons (Fsp3) is 0. The molecule has 0 amide bonds. The Morgan fingerprint density at radius 1 is 0.312 bits per heavy atom. The zero-order chi connectivity index (χ0) is 32.5. The number of aromatic hydroxyl groups is 2. The van der Waals surface area contributed by atoms with Gasteiger partial charge in [-0.2, -0.15) is 0 Å². The van der Waals surface area contributed by atoms with Crippen molar-refractivity contribution in [1.29, 1.82) is 0 Å². The lowest BCUT2D eigenvalue weighted by atomic mass is 9.93. The predicted octanol–water partition coefficient (Wildman–Crippen LogP) is 8.59. The predicted molar refractivity (Wildman–Crippen MR) is 208 cm³/mol. The Hall–Kier alpha value is -5.26. The Labute approximate surface area is 283 Å². The zero-order valence-corrected chi connectivity index (χ0v) is 27.9. The molecule has 2 nitrogen and oxygen atoms in total. The van der Waals surface area contributed by atoms with Crippen molar-refractivity contribution in [3.05, 3.63) is 182 Å². The molecule has 2 N–H and O–H groups in total. The van der Waals surface area contributed by atoms with Crippen LogP contribution in [0.1, 0.15) is 0 Å². The fourth-order valence-electron chi connectivity index (χ4n) is 6.67. The van der Waals surface area contributed by atoms with Crippen LogP contribution in [0.3, 0.4) is 0 Å². The van der Waals surface area contributed by atoms with Gasteiger partial charge in [-0.1, -0.05) is 158 Å².